The molecule has 1 aromatic heterocycles. The zero-order valence-electron chi connectivity index (χ0n) is 8.43. The van der Waals surface area contributed by atoms with E-state index in [2.05, 4.69) is 11.8 Å². The van der Waals surface area contributed by atoms with Crippen molar-refractivity contribution in [2.45, 2.75) is 32.2 Å². The molecule has 80 valence electrons. The van der Waals surface area contributed by atoms with Gasteiger partial charge in [0.25, 0.3) is 6.04 Å². The summed E-state index contributed by atoms with van der Waals surface area (Å²) in [6.45, 7) is 2.07. The fourth-order valence-electron chi connectivity index (χ4n) is 1.71. The van der Waals surface area contributed by atoms with Crippen molar-refractivity contribution < 1.29 is 14.6 Å². The summed E-state index contributed by atoms with van der Waals surface area (Å²) >= 11 is 1.33. The Bertz CT molecular complexity index is 399. The van der Waals surface area contributed by atoms with Gasteiger partial charge >= 0.3 is 5.97 Å². The number of rotatable bonds is 3. The second-order valence-electron chi connectivity index (χ2n) is 3.53. The third-order valence-corrected chi connectivity index (χ3v) is 3.41. The highest BCUT2D eigenvalue weighted by molar-refractivity contribution is 7.12. The van der Waals surface area contributed by atoms with Crippen molar-refractivity contribution in [1.29, 1.82) is 0 Å². The molecule has 2 heterocycles. The van der Waals surface area contributed by atoms with Gasteiger partial charge in [0.15, 0.2) is 0 Å². The number of carbonyl (C=O) groups excluding carboxylic acids is 1. The highest BCUT2D eigenvalue weighted by atomic mass is 32.1. The van der Waals surface area contributed by atoms with Crippen LogP contribution in [0.5, 0.6) is 0 Å². The average Bonchev–Trinajstić information content (AvgIpc) is 2.66. The first kappa shape index (κ1) is 10.3. The van der Waals surface area contributed by atoms with Crippen molar-refractivity contribution >= 4 is 17.3 Å². The van der Waals surface area contributed by atoms with E-state index >= 15 is 0 Å². The second-order valence-corrected chi connectivity index (χ2v) is 4.44. The highest BCUT2D eigenvalue weighted by Crippen LogP contribution is 2.34. The van der Waals surface area contributed by atoms with Gasteiger partial charge in [-0.15, -0.1) is 16.2 Å². The lowest BCUT2D eigenvalue weighted by Gasteiger charge is -2.11. The van der Waals surface area contributed by atoms with E-state index in [4.69, 9.17) is 0 Å². The van der Waals surface area contributed by atoms with Crippen LogP contribution in [0.1, 0.15) is 47.5 Å². The third kappa shape index (κ3) is 1.79. The highest BCUT2D eigenvalue weighted by Gasteiger charge is 2.42. The number of hydrogen-bond acceptors (Lipinski definition) is 4. The molecule has 2 rings (SSSR count). The lowest BCUT2D eigenvalue weighted by atomic mass is 10.0. The summed E-state index contributed by atoms with van der Waals surface area (Å²) in [5.74, 6) is -0.525. The van der Waals surface area contributed by atoms with Crippen LogP contribution in [0.15, 0.2) is 11.4 Å². The first-order valence-corrected chi connectivity index (χ1v) is 5.88. The van der Waals surface area contributed by atoms with Gasteiger partial charge in [-0.25, -0.2) is 4.79 Å². The maximum absolute atomic E-state index is 11.4. The van der Waals surface area contributed by atoms with Crippen molar-refractivity contribution in [2.24, 2.45) is 0 Å². The van der Waals surface area contributed by atoms with Gasteiger partial charge in [-0.3, -0.25) is 0 Å². The summed E-state index contributed by atoms with van der Waals surface area (Å²) in [4.78, 5) is 28.4. The van der Waals surface area contributed by atoms with Crippen LogP contribution in [0.25, 0.3) is 0 Å². The van der Waals surface area contributed by atoms with Gasteiger partial charge in [0.2, 0.25) is 4.92 Å². The Morgan fingerprint density at radius 3 is 3.13 bits per heavy atom. The molecule has 0 aromatic carbocycles. The summed E-state index contributed by atoms with van der Waals surface area (Å²) in [6.07, 6.45) is 2.71. The van der Waals surface area contributed by atoms with Crippen molar-refractivity contribution in [2.75, 3.05) is 0 Å². The standard InChI is InChI=1S/C10H12NO3S/c1-2-3-4-8-7-5-6-15-9(7)10(12)14-11(8)13/h5-6,8H,2-4H2,1H3/q+1. The number of fused-ring (bicyclic) bond motifs is 1. The van der Waals surface area contributed by atoms with Crippen LogP contribution in [0.3, 0.4) is 0 Å². The molecule has 0 radical (unpaired) electrons. The molecule has 1 aliphatic rings. The molecular formula is C10H12NO3S+. The lowest BCUT2D eigenvalue weighted by Crippen LogP contribution is -2.27. The summed E-state index contributed by atoms with van der Waals surface area (Å²) in [7, 11) is 0. The molecular weight excluding hydrogens is 214 g/mol. The van der Waals surface area contributed by atoms with E-state index in [0.717, 1.165) is 24.8 Å². The van der Waals surface area contributed by atoms with Gasteiger partial charge in [-0.1, -0.05) is 13.3 Å². The molecule has 0 N–H and O–H groups in total. The van der Waals surface area contributed by atoms with Crippen LogP contribution in [0.2, 0.25) is 0 Å². The van der Waals surface area contributed by atoms with Gasteiger partial charge in [-0.05, 0) is 17.9 Å². The summed E-state index contributed by atoms with van der Waals surface area (Å²) < 4.78 is 0. The molecule has 1 aliphatic heterocycles. The van der Waals surface area contributed by atoms with Crippen molar-refractivity contribution in [3.8, 4) is 0 Å². The first-order valence-electron chi connectivity index (χ1n) is 5.00. The van der Waals surface area contributed by atoms with Gasteiger partial charge in [-0.2, -0.15) is 0 Å². The Balaban J connectivity index is 2.28. The van der Waals surface area contributed by atoms with Crippen LogP contribution >= 0.6 is 11.3 Å². The molecule has 4 nitrogen and oxygen atoms in total. The van der Waals surface area contributed by atoms with Gasteiger partial charge in [0.1, 0.15) is 4.88 Å². The molecule has 1 atom stereocenters. The number of nitrogens with zero attached hydrogens (tertiary/aromatic N) is 1. The van der Waals surface area contributed by atoms with Crippen LogP contribution in [0, 0.1) is 4.91 Å². The molecule has 0 spiro atoms. The topological polar surface area (TPSA) is 46.4 Å². The zero-order chi connectivity index (χ0) is 10.8. The molecule has 1 unspecified atom stereocenters. The number of thiophene rings is 1. The van der Waals surface area contributed by atoms with Crippen molar-refractivity contribution in [1.82, 2.24) is 0 Å². The second kappa shape index (κ2) is 4.10. The van der Waals surface area contributed by atoms with Crippen molar-refractivity contribution in [3.63, 3.8) is 0 Å². The summed E-state index contributed by atoms with van der Waals surface area (Å²) in [5, 5.41) is 1.82. The molecule has 1 aromatic rings. The van der Waals surface area contributed by atoms with E-state index < -0.39 is 5.97 Å². The minimum absolute atomic E-state index is 0.316. The largest absolute Gasteiger partial charge is 0.426 e. The minimum Gasteiger partial charge on any atom is -0.237 e. The predicted molar refractivity (Wildman–Crippen MR) is 55.6 cm³/mol. The molecule has 5 heteroatoms. The fourth-order valence-corrected chi connectivity index (χ4v) is 2.53. The first-order chi connectivity index (χ1) is 7.24. The average molecular weight is 226 g/mol. The molecule has 0 amide bonds. The maximum atomic E-state index is 11.4. The van der Waals surface area contributed by atoms with Crippen molar-refractivity contribution in [3.05, 3.63) is 26.8 Å². The fraction of sp³-hybridized carbons (Fsp3) is 0.500. The molecule has 0 bridgehead atoms. The Kier molecular flexibility index (Phi) is 2.81. The third-order valence-electron chi connectivity index (χ3n) is 2.50. The van der Waals surface area contributed by atoms with Gasteiger partial charge < -0.3 is 0 Å². The Labute approximate surface area is 91.4 Å². The Morgan fingerprint density at radius 2 is 2.40 bits per heavy atom. The molecule has 0 saturated heterocycles. The van der Waals surface area contributed by atoms with E-state index in [9.17, 15) is 9.70 Å². The maximum Gasteiger partial charge on any atom is 0.426 e. The quantitative estimate of drug-likeness (QED) is 0.796. The lowest BCUT2D eigenvalue weighted by molar-refractivity contribution is -0.808. The van der Waals surface area contributed by atoms with Gasteiger partial charge in [0, 0.05) is 6.42 Å². The Morgan fingerprint density at radius 1 is 1.60 bits per heavy atom. The zero-order valence-corrected chi connectivity index (χ0v) is 9.25. The normalized spacial score (nSPS) is 19.9. The van der Waals surface area contributed by atoms with Crippen LogP contribution in [0.4, 0.5) is 0 Å². The number of hydrogen-bond donors (Lipinski definition) is 0. The van der Waals surface area contributed by atoms with Crippen LogP contribution in [-0.2, 0) is 4.84 Å². The minimum atomic E-state index is -0.525. The SMILES string of the molecule is CCCCC1c2ccsc2C(=O)O[N+]1=O. The monoisotopic (exact) mass is 226 g/mol. The van der Waals surface area contributed by atoms with E-state index in [1.807, 2.05) is 11.4 Å². The van der Waals surface area contributed by atoms with Crippen LogP contribution in [-0.4, -0.2) is 10.9 Å². The summed E-state index contributed by atoms with van der Waals surface area (Å²) in [5.41, 5.74) is 0.819. The van der Waals surface area contributed by atoms with E-state index in [-0.39, 0.29) is 6.04 Å². The number of carbonyl (C=O) groups is 1. The summed E-state index contributed by atoms with van der Waals surface area (Å²) in [6, 6.07) is 1.52. The Hall–Kier alpha value is -1.23. The predicted octanol–water partition coefficient (Wildman–Crippen LogP) is 2.84. The van der Waals surface area contributed by atoms with E-state index in [1.54, 1.807) is 0 Å². The molecule has 0 saturated carbocycles. The van der Waals surface area contributed by atoms with E-state index in [1.165, 1.54) is 11.3 Å². The molecule has 0 fully saturated rings. The molecule has 15 heavy (non-hydrogen) atoms. The number of unbranched alkanes of at least 4 members (excludes halogenated alkanes) is 1. The van der Waals surface area contributed by atoms with E-state index in [0.29, 0.717) is 9.80 Å². The van der Waals surface area contributed by atoms with Gasteiger partial charge in [0.05, 0.1) is 10.5 Å². The molecule has 0 aliphatic carbocycles. The van der Waals surface area contributed by atoms with Crippen LogP contribution < -0.4 is 0 Å². The smallest absolute Gasteiger partial charge is 0.237 e.